The van der Waals surface area contributed by atoms with Crippen molar-refractivity contribution in [3.8, 4) is 23.0 Å². The van der Waals surface area contributed by atoms with Crippen molar-refractivity contribution in [3.63, 3.8) is 0 Å². The predicted molar refractivity (Wildman–Crippen MR) is 199 cm³/mol. The quantitative estimate of drug-likeness (QED) is 0.0948. The van der Waals surface area contributed by atoms with Crippen molar-refractivity contribution in [2.24, 2.45) is 13.0 Å². The van der Waals surface area contributed by atoms with Crippen molar-refractivity contribution in [2.45, 2.75) is 67.8 Å². The van der Waals surface area contributed by atoms with Gasteiger partial charge in [-0.15, -0.1) is 0 Å². The van der Waals surface area contributed by atoms with Crippen LogP contribution in [-0.2, 0) is 46.9 Å². The van der Waals surface area contributed by atoms with Crippen LogP contribution < -0.4 is 10.0 Å². The van der Waals surface area contributed by atoms with Crippen molar-refractivity contribution in [3.05, 3.63) is 106 Å². The summed E-state index contributed by atoms with van der Waals surface area (Å²) >= 11 is 0. The summed E-state index contributed by atoms with van der Waals surface area (Å²) in [5, 5.41) is 27.2. The number of aliphatic hydroxyl groups is 1. The molecule has 1 unspecified atom stereocenters. The van der Waals surface area contributed by atoms with Gasteiger partial charge in [0.15, 0.2) is 11.5 Å². The van der Waals surface area contributed by atoms with Crippen molar-refractivity contribution in [2.75, 3.05) is 4.72 Å². The fourth-order valence-corrected chi connectivity index (χ4v) is 8.53. The predicted octanol–water partition coefficient (Wildman–Crippen LogP) is 6.08. The van der Waals surface area contributed by atoms with Gasteiger partial charge < -0.3 is 10.4 Å². The first-order chi connectivity index (χ1) is 28.1. The Morgan fingerprint density at radius 3 is 2.48 bits per heavy atom. The number of fused-ring (bicyclic) bond motifs is 4. The molecule has 2 aromatic carbocycles. The molecule has 2 aliphatic rings. The van der Waals surface area contributed by atoms with E-state index in [4.69, 9.17) is 4.98 Å². The Balaban J connectivity index is 1.26. The zero-order valence-corrected chi connectivity index (χ0v) is 32.4. The average molecular weight is 856 g/mol. The van der Waals surface area contributed by atoms with Gasteiger partial charge in [0.05, 0.1) is 23.4 Å². The molecular weight excluding hydrogens is 824 g/mol. The second kappa shape index (κ2) is 14.2. The summed E-state index contributed by atoms with van der Waals surface area (Å²) in [5.74, 6) is -3.84. The van der Waals surface area contributed by atoms with Gasteiger partial charge in [0, 0.05) is 47.3 Å². The number of anilines is 1. The van der Waals surface area contributed by atoms with E-state index < -0.39 is 93.1 Å². The molecule has 4 heterocycles. The molecule has 0 saturated heterocycles. The maximum Gasteiger partial charge on any atom is 0.435 e. The van der Waals surface area contributed by atoms with Crippen LogP contribution in [0.1, 0.15) is 66.1 Å². The molecule has 4 aromatic heterocycles. The SMILES string of the molecule is Cn1nc(NS(=O)(=O)c2cn[nH]c2)c2cccc(-c3ccc(C#CC(C)(C)O)nc3[C@H](Cc3cc(F)cc(F)c3)NC(=O)Cn3nc(C(F)(F)F)c4c3C(F)(F)[C@@H]3CC43)c21. The highest BCUT2D eigenvalue weighted by Crippen LogP contribution is 2.68. The highest BCUT2D eigenvalue weighted by Gasteiger charge is 2.68. The van der Waals surface area contributed by atoms with Gasteiger partial charge in [0.25, 0.3) is 15.9 Å². The molecule has 0 spiro atoms. The van der Waals surface area contributed by atoms with Crippen LogP contribution >= 0.6 is 0 Å². The average Bonchev–Trinajstić information content (AvgIpc) is 3.40. The van der Waals surface area contributed by atoms with Crippen LogP contribution in [0.5, 0.6) is 0 Å². The first-order valence-electron chi connectivity index (χ1n) is 18.2. The number of alkyl halides is 5. The number of amides is 1. The van der Waals surface area contributed by atoms with E-state index >= 15 is 8.78 Å². The summed E-state index contributed by atoms with van der Waals surface area (Å²) in [4.78, 5) is 18.5. The lowest BCUT2D eigenvalue weighted by atomic mass is 9.93. The summed E-state index contributed by atoms with van der Waals surface area (Å²) in [6, 6.07) is 9.03. The van der Waals surface area contributed by atoms with E-state index in [0.29, 0.717) is 27.2 Å². The molecule has 6 aromatic rings. The minimum atomic E-state index is -5.08. The molecule has 13 nitrogen and oxygen atoms in total. The number of aromatic amines is 1. The van der Waals surface area contributed by atoms with E-state index in [1.165, 1.54) is 37.8 Å². The van der Waals surface area contributed by atoms with Gasteiger partial charge in [0.1, 0.15) is 40.1 Å². The van der Waals surface area contributed by atoms with Gasteiger partial charge in [0.2, 0.25) is 5.91 Å². The lowest BCUT2D eigenvalue weighted by molar-refractivity contribution is -0.142. The van der Waals surface area contributed by atoms with Crippen molar-refractivity contribution in [1.29, 1.82) is 0 Å². The molecule has 21 heteroatoms. The topological polar surface area (TPSA) is 173 Å². The number of hydrogen-bond donors (Lipinski definition) is 4. The molecule has 60 heavy (non-hydrogen) atoms. The van der Waals surface area contributed by atoms with Crippen LogP contribution in [0.25, 0.3) is 22.0 Å². The van der Waals surface area contributed by atoms with Gasteiger partial charge in [-0.25, -0.2) is 22.2 Å². The third-order valence-electron chi connectivity index (χ3n) is 10.1. The summed E-state index contributed by atoms with van der Waals surface area (Å²) in [5.41, 5.74) is -3.67. The number of nitrogens with zero attached hydrogens (tertiary/aromatic N) is 6. The minimum Gasteiger partial charge on any atom is -0.378 e. The number of H-pyrrole nitrogens is 1. The number of para-hydroxylation sites is 1. The maximum absolute atomic E-state index is 15.4. The smallest absolute Gasteiger partial charge is 0.378 e. The molecule has 3 atom stereocenters. The monoisotopic (exact) mass is 855 g/mol. The highest BCUT2D eigenvalue weighted by molar-refractivity contribution is 7.92. The zero-order valence-electron chi connectivity index (χ0n) is 31.5. The van der Waals surface area contributed by atoms with Crippen LogP contribution in [0.15, 0.2) is 65.8 Å². The summed E-state index contributed by atoms with van der Waals surface area (Å²) < 4.78 is 133. The number of aryl methyl sites for hydroxylation is 1. The fraction of sp³-hybridized carbons (Fsp3) is 0.308. The van der Waals surface area contributed by atoms with E-state index in [1.54, 1.807) is 24.3 Å². The van der Waals surface area contributed by atoms with E-state index in [0.717, 1.165) is 18.3 Å². The summed E-state index contributed by atoms with van der Waals surface area (Å²) in [7, 11) is -2.63. The second-order valence-electron chi connectivity index (χ2n) is 15.1. The Morgan fingerprint density at radius 2 is 1.82 bits per heavy atom. The van der Waals surface area contributed by atoms with E-state index in [9.17, 15) is 40.3 Å². The van der Waals surface area contributed by atoms with Crippen molar-refractivity contribution >= 4 is 32.7 Å². The molecule has 0 radical (unpaired) electrons. The number of halogens is 7. The van der Waals surface area contributed by atoms with E-state index in [2.05, 4.69) is 42.3 Å². The van der Waals surface area contributed by atoms with Gasteiger partial charge in [-0.1, -0.05) is 18.1 Å². The van der Waals surface area contributed by atoms with E-state index in [-0.39, 0.29) is 39.6 Å². The molecule has 0 aliphatic heterocycles. The largest absolute Gasteiger partial charge is 0.435 e. The van der Waals surface area contributed by atoms with Crippen molar-refractivity contribution in [1.82, 2.24) is 40.1 Å². The molecule has 1 saturated carbocycles. The molecule has 8 rings (SSSR count). The van der Waals surface area contributed by atoms with Crippen LogP contribution in [0.2, 0.25) is 0 Å². The Hall–Kier alpha value is -6.27. The normalized spacial score (nSPS) is 17.4. The molecular formula is C39H32F7N9O4S. The number of carbonyl (C=O) groups is 1. The molecule has 1 amide bonds. The van der Waals surface area contributed by atoms with Crippen LogP contribution in [0, 0.1) is 29.4 Å². The minimum absolute atomic E-state index is 0.000769. The first-order valence-corrected chi connectivity index (χ1v) is 19.6. The van der Waals surface area contributed by atoms with Crippen LogP contribution in [0.3, 0.4) is 0 Å². The van der Waals surface area contributed by atoms with Gasteiger partial charge in [-0.05, 0) is 74.4 Å². The van der Waals surface area contributed by atoms with Gasteiger partial charge in [-0.2, -0.15) is 37.2 Å². The Bertz CT molecular complexity index is 2850. The first kappa shape index (κ1) is 40.5. The molecule has 4 N–H and O–H groups in total. The van der Waals surface area contributed by atoms with Gasteiger partial charge in [-0.3, -0.25) is 24.0 Å². The van der Waals surface area contributed by atoms with Crippen molar-refractivity contribution < 1.29 is 49.1 Å². The second-order valence-corrected chi connectivity index (χ2v) is 16.8. The maximum atomic E-state index is 15.4. The molecule has 2 aliphatic carbocycles. The molecule has 1 fully saturated rings. The number of sulfonamides is 1. The summed E-state index contributed by atoms with van der Waals surface area (Å²) in [6.45, 7) is 1.75. The Morgan fingerprint density at radius 1 is 1.08 bits per heavy atom. The van der Waals surface area contributed by atoms with Crippen LogP contribution in [0.4, 0.5) is 36.6 Å². The zero-order chi connectivity index (χ0) is 43.1. The highest BCUT2D eigenvalue weighted by atomic mass is 32.2. The Labute approximate surface area is 336 Å². The third kappa shape index (κ3) is 7.56. The third-order valence-corrected chi connectivity index (χ3v) is 11.4. The number of benzene rings is 2. The number of nitrogens with one attached hydrogen (secondary N) is 3. The van der Waals surface area contributed by atoms with Gasteiger partial charge >= 0.3 is 6.18 Å². The lowest BCUT2D eigenvalue weighted by Gasteiger charge is -2.23. The van der Waals surface area contributed by atoms with Crippen LogP contribution in [-0.4, -0.2) is 59.8 Å². The number of carbonyl (C=O) groups excluding carboxylic acids is 1. The standard InChI is InChI=1S/C39H32F7N9O4S/c1-37(2,57)10-9-22-7-8-24(25-5-4-6-26-33(25)54(3)52-36(26)53-60(58,59)23-16-47-48-17-23)32(49-22)29(13-19-11-20(40)14-21(41)12-19)50-30(56)18-55-35-31(34(51-55)39(44,45)46)27-15-28(27)38(35,42)43/h4-8,11-12,14,16-17,27-29,57H,13,15,18H2,1-3H3,(H,47,48)(H,50,56)(H,52,53)/t27?,28-,29+/m1/s1. The fourth-order valence-electron chi connectivity index (χ4n) is 7.61. The number of pyridine rings is 1. The number of hydrogen-bond acceptors (Lipinski definition) is 8. The molecule has 312 valence electrons. The summed E-state index contributed by atoms with van der Waals surface area (Å²) in [6.07, 6.45) is -3.37. The molecule has 0 bridgehead atoms. The Kier molecular flexibility index (Phi) is 9.58. The lowest BCUT2D eigenvalue weighted by Crippen LogP contribution is -2.35. The number of rotatable bonds is 10. The number of aromatic nitrogens is 7. The van der Waals surface area contributed by atoms with E-state index in [1.807, 2.05) is 0 Å².